The lowest BCUT2D eigenvalue weighted by Crippen LogP contribution is -2.39. The molecule has 3 heteroatoms. The standard InChI is InChI=1S/C13H22N2S/c1-13(2,3)10-6-4-5-7-11(10)15-12-14-8-9-16-12/h8-11H,4-7H2,1-3H3,(H,14,15). The molecule has 1 aliphatic carbocycles. The minimum absolute atomic E-state index is 0.398. The molecular formula is C13H22N2S. The molecule has 0 spiro atoms. The van der Waals surface area contributed by atoms with E-state index in [1.165, 1.54) is 25.7 Å². The molecule has 0 radical (unpaired) electrons. The third-order valence-electron chi connectivity index (χ3n) is 3.62. The highest BCUT2D eigenvalue weighted by atomic mass is 32.1. The van der Waals surface area contributed by atoms with E-state index in [9.17, 15) is 0 Å². The van der Waals surface area contributed by atoms with Crippen molar-refractivity contribution in [3.63, 3.8) is 0 Å². The fourth-order valence-corrected chi connectivity index (χ4v) is 3.39. The molecule has 2 nitrogen and oxygen atoms in total. The van der Waals surface area contributed by atoms with Crippen molar-refractivity contribution in [1.29, 1.82) is 0 Å². The van der Waals surface area contributed by atoms with Gasteiger partial charge in [-0.25, -0.2) is 4.98 Å². The summed E-state index contributed by atoms with van der Waals surface area (Å²) in [7, 11) is 0. The van der Waals surface area contributed by atoms with Crippen LogP contribution < -0.4 is 5.32 Å². The molecule has 0 bridgehead atoms. The average Bonchev–Trinajstić information content (AvgIpc) is 2.70. The zero-order valence-electron chi connectivity index (χ0n) is 10.5. The maximum atomic E-state index is 4.33. The van der Waals surface area contributed by atoms with Crippen LogP contribution in [0, 0.1) is 11.3 Å². The second-order valence-electron chi connectivity index (χ2n) is 5.85. The third-order valence-corrected chi connectivity index (χ3v) is 4.32. The maximum absolute atomic E-state index is 4.33. The summed E-state index contributed by atoms with van der Waals surface area (Å²) in [5, 5.41) is 6.75. The van der Waals surface area contributed by atoms with E-state index in [1.54, 1.807) is 11.3 Å². The molecule has 90 valence electrons. The number of thiazole rings is 1. The number of hydrogen-bond donors (Lipinski definition) is 1. The van der Waals surface area contributed by atoms with Crippen molar-refractivity contribution in [2.24, 2.45) is 11.3 Å². The molecule has 1 aromatic rings. The second-order valence-corrected chi connectivity index (χ2v) is 6.74. The smallest absolute Gasteiger partial charge is 0.182 e. The van der Waals surface area contributed by atoms with Crippen molar-refractivity contribution in [2.45, 2.75) is 52.5 Å². The van der Waals surface area contributed by atoms with Crippen LogP contribution in [0.15, 0.2) is 11.6 Å². The SMILES string of the molecule is CC(C)(C)C1CCCCC1Nc1nccs1. The lowest BCUT2D eigenvalue weighted by Gasteiger charge is -2.40. The molecule has 0 aliphatic heterocycles. The van der Waals surface area contributed by atoms with Crippen LogP contribution in [0.1, 0.15) is 46.5 Å². The van der Waals surface area contributed by atoms with Gasteiger partial charge in [-0.05, 0) is 24.2 Å². The summed E-state index contributed by atoms with van der Waals surface area (Å²) in [5.74, 6) is 0.769. The Hall–Kier alpha value is -0.570. The topological polar surface area (TPSA) is 24.9 Å². The normalized spacial score (nSPS) is 26.7. The van der Waals surface area contributed by atoms with E-state index in [1.807, 2.05) is 11.6 Å². The molecule has 2 unspecified atom stereocenters. The predicted molar refractivity (Wildman–Crippen MR) is 70.9 cm³/mol. The van der Waals surface area contributed by atoms with Crippen molar-refractivity contribution in [2.75, 3.05) is 5.32 Å². The summed E-state index contributed by atoms with van der Waals surface area (Å²) in [6.45, 7) is 7.08. The van der Waals surface area contributed by atoms with Gasteiger partial charge < -0.3 is 5.32 Å². The number of rotatable bonds is 2. The van der Waals surface area contributed by atoms with E-state index >= 15 is 0 Å². The zero-order chi connectivity index (χ0) is 11.6. The molecule has 16 heavy (non-hydrogen) atoms. The largest absolute Gasteiger partial charge is 0.358 e. The van der Waals surface area contributed by atoms with Gasteiger partial charge in [-0.15, -0.1) is 11.3 Å². The van der Waals surface area contributed by atoms with Gasteiger partial charge in [0.05, 0.1) is 0 Å². The van der Waals surface area contributed by atoms with Gasteiger partial charge in [-0.1, -0.05) is 33.6 Å². The van der Waals surface area contributed by atoms with Gasteiger partial charge >= 0.3 is 0 Å². The lowest BCUT2D eigenvalue weighted by molar-refractivity contribution is 0.163. The molecule has 0 saturated heterocycles. The molecule has 1 aromatic heterocycles. The van der Waals surface area contributed by atoms with Crippen LogP contribution in [-0.2, 0) is 0 Å². The first-order chi connectivity index (χ1) is 7.57. The highest BCUT2D eigenvalue weighted by Gasteiger charge is 2.34. The number of anilines is 1. The number of nitrogens with zero attached hydrogens (tertiary/aromatic N) is 1. The number of hydrogen-bond acceptors (Lipinski definition) is 3. The van der Waals surface area contributed by atoms with Gasteiger partial charge in [0.2, 0.25) is 0 Å². The van der Waals surface area contributed by atoms with Crippen LogP contribution >= 0.6 is 11.3 Å². The number of nitrogens with one attached hydrogen (secondary N) is 1. The van der Waals surface area contributed by atoms with E-state index in [2.05, 4.69) is 31.1 Å². The first-order valence-corrected chi connectivity index (χ1v) is 7.11. The monoisotopic (exact) mass is 238 g/mol. The Kier molecular flexibility index (Phi) is 3.53. The molecule has 1 aliphatic rings. The Morgan fingerprint density at radius 3 is 2.69 bits per heavy atom. The fourth-order valence-electron chi connectivity index (χ4n) is 2.79. The highest BCUT2D eigenvalue weighted by molar-refractivity contribution is 7.13. The van der Waals surface area contributed by atoms with Crippen LogP contribution in [0.2, 0.25) is 0 Å². The van der Waals surface area contributed by atoms with Crippen molar-refractivity contribution < 1.29 is 0 Å². The van der Waals surface area contributed by atoms with Crippen LogP contribution in [-0.4, -0.2) is 11.0 Å². The van der Waals surface area contributed by atoms with Gasteiger partial charge in [0, 0.05) is 17.6 Å². The molecule has 1 heterocycles. The summed E-state index contributed by atoms with van der Waals surface area (Å²) < 4.78 is 0. The molecule has 0 aromatic carbocycles. The van der Waals surface area contributed by atoms with E-state index < -0.39 is 0 Å². The van der Waals surface area contributed by atoms with Gasteiger partial charge in [0.1, 0.15) is 0 Å². The Morgan fingerprint density at radius 2 is 2.06 bits per heavy atom. The molecular weight excluding hydrogens is 216 g/mol. The first kappa shape index (κ1) is 11.9. The minimum Gasteiger partial charge on any atom is -0.358 e. The summed E-state index contributed by atoms with van der Waals surface area (Å²) in [5.41, 5.74) is 0.398. The number of aromatic nitrogens is 1. The van der Waals surface area contributed by atoms with E-state index in [0.717, 1.165) is 11.0 Å². The van der Waals surface area contributed by atoms with Crippen LogP contribution in [0.25, 0.3) is 0 Å². The third kappa shape index (κ3) is 2.76. The predicted octanol–water partition coefficient (Wildman–Crippen LogP) is 4.16. The van der Waals surface area contributed by atoms with Gasteiger partial charge in [0.25, 0.3) is 0 Å². The van der Waals surface area contributed by atoms with E-state index in [-0.39, 0.29) is 0 Å². The molecule has 1 fully saturated rings. The molecule has 2 rings (SSSR count). The maximum Gasteiger partial charge on any atom is 0.182 e. The van der Waals surface area contributed by atoms with Crippen molar-refractivity contribution in [1.82, 2.24) is 4.98 Å². The first-order valence-electron chi connectivity index (χ1n) is 6.23. The molecule has 1 N–H and O–H groups in total. The van der Waals surface area contributed by atoms with Crippen molar-refractivity contribution in [3.8, 4) is 0 Å². The summed E-state index contributed by atoms with van der Waals surface area (Å²) in [6, 6.07) is 0.611. The molecule has 0 amide bonds. The van der Waals surface area contributed by atoms with Crippen LogP contribution in [0.5, 0.6) is 0 Å². The quantitative estimate of drug-likeness (QED) is 0.837. The molecule has 2 atom stereocenters. The summed E-state index contributed by atoms with van der Waals surface area (Å²) >= 11 is 1.71. The average molecular weight is 238 g/mol. The Labute approximate surface area is 102 Å². The van der Waals surface area contributed by atoms with Crippen molar-refractivity contribution in [3.05, 3.63) is 11.6 Å². The molecule has 1 saturated carbocycles. The lowest BCUT2D eigenvalue weighted by atomic mass is 9.69. The summed E-state index contributed by atoms with van der Waals surface area (Å²) in [4.78, 5) is 4.33. The summed E-state index contributed by atoms with van der Waals surface area (Å²) in [6.07, 6.45) is 7.27. The van der Waals surface area contributed by atoms with Crippen LogP contribution in [0.4, 0.5) is 5.13 Å². The Bertz CT molecular complexity index is 313. The Balaban J connectivity index is 2.05. The zero-order valence-corrected chi connectivity index (χ0v) is 11.3. The Morgan fingerprint density at radius 1 is 1.31 bits per heavy atom. The van der Waals surface area contributed by atoms with E-state index in [4.69, 9.17) is 0 Å². The minimum atomic E-state index is 0.398. The van der Waals surface area contributed by atoms with Gasteiger partial charge in [-0.3, -0.25) is 0 Å². The van der Waals surface area contributed by atoms with Gasteiger partial charge in [-0.2, -0.15) is 0 Å². The van der Waals surface area contributed by atoms with Crippen LogP contribution in [0.3, 0.4) is 0 Å². The fraction of sp³-hybridized carbons (Fsp3) is 0.769. The van der Waals surface area contributed by atoms with Crippen molar-refractivity contribution >= 4 is 16.5 Å². The highest BCUT2D eigenvalue weighted by Crippen LogP contribution is 2.39. The van der Waals surface area contributed by atoms with Gasteiger partial charge in [0.15, 0.2) is 5.13 Å². The van der Waals surface area contributed by atoms with E-state index in [0.29, 0.717) is 11.5 Å². The second kappa shape index (κ2) is 4.74.